The van der Waals surface area contributed by atoms with Crippen molar-refractivity contribution in [3.8, 4) is 11.5 Å². The van der Waals surface area contributed by atoms with E-state index in [1.165, 1.54) is 16.8 Å². The van der Waals surface area contributed by atoms with Gasteiger partial charge in [0, 0.05) is 31.9 Å². The van der Waals surface area contributed by atoms with E-state index in [2.05, 4.69) is 42.3 Å². The fraction of sp³-hybridized carbons (Fsp3) is 0.391. The molecule has 2 aromatic rings. The van der Waals surface area contributed by atoms with Crippen molar-refractivity contribution in [1.29, 1.82) is 0 Å². The van der Waals surface area contributed by atoms with Crippen LogP contribution in [0, 0.1) is 13.8 Å². The number of benzene rings is 2. The van der Waals surface area contributed by atoms with Gasteiger partial charge < -0.3 is 24.6 Å². The van der Waals surface area contributed by atoms with Crippen molar-refractivity contribution in [1.82, 2.24) is 10.2 Å². The van der Waals surface area contributed by atoms with E-state index < -0.39 is 0 Å². The molecule has 1 aliphatic rings. The third kappa shape index (κ3) is 5.43. The number of hydrogen-bond acceptors (Lipinski definition) is 5. The standard InChI is InChI=1S/C23H29N3O4/c1-17-5-4-6-21(18(17)2)25-11-13-26(14-12-25)23(28)15-24-22(27)16-30-20-9-7-19(29-3)8-10-20/h4-10H,11-16H2,1-3H3,(H,24,27). The molecule has 1 saturated heterocycles. The Bertz CT molecular complexity index is 875. The van der Waals surface area contributed by atoms with Crippen LogP contribution in [0.1, 0.15) is 11.1 Å². The van der Waals surface area contributed by atoms with Crippen LogP contribution in [0.2, 0.25) is 0 Å². The lowest BCUT2D eigenvalue weighted by atomic mass is 10.1. The molecule has 1 aliphatic heterocycles. The highest BCUT2D eigenvalue weighted by molar-refractivity contribution is 5.85. The smallest absolute Gasteiger partial charge is 0.258 e. The summed E-state index contributed by atoms with van der Waals surface area (Å²) >= 11 is 0. The van der Waals surface area contributed by atoms with Gasteiger partial charge in [-0.25, -0.2) is 0 Å². The first-order valence-corrected chi connectivity index (χ1v) is 10.1. The van der Waals surface area contributed by atoms with Crippen LogP contribution in [0.5, 0.6) is 11.5 Å². The van der Waals surface area contributed by atoms with Gasteiger partial charge in [0.1, 0.15) is 11.5 Å². The van der Waals surface area contributed by atoms with Crippen molar-refractivity contribution in [3.63, 3.8) is 0 Å². The van der Waals surface area contributed by atoms with Crippen LogP contribution in [0.3, 0.4) is 0 Å². The maximum atomic E-state index is 12.4. The highest BCUT2D eigenvalue weighted by Gasteiger charge is 2.22. The molecule has 1 N–H and O–H groups in total. The van der Waals surface area contributed by atoms with Gasteiger partial charge in [-0.3, -0.25) is 9.59 Å². The molecule has 0 aromatic heterocycles. The number of nitrogens with zero attached hydrogens (tertiary/aromatic N) is 2. The summed E-state index contributed by atoms with van der Waals surface area (Å²) in [7, 11) is 1.59. The zero-order valence-electron chi connectivity index (χ0n) is 17.8. The lowest BCUT2D eigenvalue weighted by molar-refractivity contribution is -0.133. The fourth-order valence-electron chi connectivity index (χ4n) is 3.43. The molecule has 1 heterocycles. The number of anilines is 1. The number of rotatable bonds is 7. The van der Waals surface area contributed by atoms with Gasteiger partial charge in [0.15, 0.2) is 6.61 Å². The van der Waals surface area contributed by atoms with E-state index in [0.717, 1.165) is 18.8 Å². The number of ether oxygens (including phenoxy) is 2. The molecule has 2 aromatic carbocycles. The largest absolute Gasteiger partial charge is 0.497 e. The molecule has 30 heavy (non-hydrogen) atoms. The quantitative estimate of drug-likeness (QED) is 0.756. The minimum atomic E-state index is -0.326. The van der Waals surface area contributed by atoms with Gasteiger partial charge in [0.25, 0.3) is 5.91 Å². The first kappa shape index (κ1) is 21.5. The summed E-state index contributed by atoms with van der Waals surface area (Å²) in [5.74, 6) is 0.886. The van der Waals surface area contributed by atoms with Gasteiger partial charge in [-0.15, -0.1) is 0 Å². The van der Waals surface area contributed by atoms with Gasteiger partial charge in [-0.05, 0) is 55.3 Å². The molecule has 1 fully saturated rings. The predicted octanol–water partition coefficient (Wildman–Crippen LogP) is 2.16. The Hall–Kier alpha value is -3.22. The van der Waals surface area contributed by atoms with Gasteiger partial charge in [0.2, 0.25) is 5.91 Å². The Morgan fingerprint density at radius 1 is 0.967 bits per heavy atom. The van der Waals surface area contributed by atoms with Crippen molar-refractivity contribution in [2.75, 3.05) is 51.3 Å². The SMILES string of the molecule is COc1ccc(OCC(=O)NCC(=O)N2CCN(c3cccc(C)c3C)CC2)cc1. The summed E-state index contributed by atoms with van der Waals surface area (Å²) in [6.45, 7) is 6.93. The van der Waals surface area contributed by atoms with E-state index in [0.29, 0.717) is 18.8 Å². The summed E-state index contributed by atoms with van der Waals surface area (Å²) in [4.78, 5) is 28.6. The predicted molar refractivity (Wildman–Crippen MR) is 116 cm³/mol. The van der Waals surface area contributed by atoms with Crippen LogP contribution < -0.4 is 19.7 Å². The molecular formula is C23H29N3O4. The Morgan fingerprint density at radius 2 is 1.63 bits per heavy atom. The van der Waals surface area contributed by atoms with Crippen LogP contribution >= 0.6 is 0 Å². The van der Waals surface area contributed by atoms with E-state index in [1.807, 2.05) is 0 Å². The van der Waals surface area contributed by atoms with Crippen LogP contribution in [-0.4, -0.2) is 63.2 Å². The number of carbonyl (C=O) groups excluding carboxylic acids is 2. The van der Waals surface area contributed by atoms with Crippen molar-refractivity contribution in [2.24, 2.45) is 0 Å². The minimum absolute atomic E-state index is 0.0196. The Kier molecular flexibility index (Phi) is 7.17. The number of aryl methyl sites for hydroxylation is 1. The molecule has 0 radical (unpaired) electrons. The van der Waals surface area contributed by atoms with Crippen molar-refractivity contribution >= 4 is 17.5 Å². The molecule has 0 unspecified atom stereocenters. The molecule has 0 aliphatic carbocycles. The maximum absolute atomic E-state index is 12.4. The minimum Gasteiger partial charge on any atom is -0.497 e. The van der Waals surface area contributed by atoms with Gasteiger partial charge in [-0.2, -0.15) is 0 Å². The van der Waals surface area contributed by atoms with Crippen molar-refractivity contribution in [2.45, 2.75) is 13.8 Å². The van der Waals surface area contributed by atoms with Gasteiger partial charge in [0.05, 0.1) is 13.7 Å². The number of piperazine rings is 1. The molecule has 7 nitrogen and oxygen atoms in total. The van der Waals surface area contributed by atoms with E-state index in [-0.39, 0.29) is 25.0 Å². The molecule has 7 heteroatoms. The van der Waals surface area contributed by atoms with Crippen LogP contribution in [0.15, 0.2) is 42.5 Å². The second-order valence-corrected chi connectivity index (χ2v) is 7.33. The highest BCUT2D eigenvalue weighted by atomic mass is 16.5. The maximum Gasteiger partial charge on any atom is 0.258 e. The van der Waals surface area contributed by atoms with E-state index in [4.69, 9.17) is 9.47 Å². The Labute approximate surface area is 177 Å². The first-order valence-electron chi connectivity index (χ1n) is 10.1. The van der Waals surface area contributed by atoms with Gasteiger partial charge in [-0.1, -0.05) is 12.1 Å². The number of nitrogens with one attached hydrogen (secondary N) is 1. The lowest BCUT2D eigenvalue weighted by Gasteiger charge is -2.37. The van der Waals surface area contributed by atoms with E-state index in [9.17, 15) is 9.59 Å². The molecule has 0 bridgehead atoms. The van der Waals surface area contributed by atoms with Gasteiger partial charge >= 0.3 is 0 Å². The number of amides is 2. The van der Waals surface area contributed by atoms with E-state index in [1.54, 1.807) is 36.3 Å². The number of methoxy groups -OCH3 is 1. The average Bonchev–Trinajstić information content (AvgIpc) is 2.78. The Morgan fingerprint density at radius 3 is 2.30 bits per heavy atom. The second-order valence-electron chi connectivity index (χ2n) is 7.33. The summed E-state index contributed by atoms with van der Waals surface area (Å²) < 4.78 is 10.5. The second kappa shape index (κ2) is 10.0. The molecular weight excluding hydrogens is 382 g/mol. The molecule has 0 spiro atoms. The summed E-state index contributed by atoms with van der Waals surface area (Å²) in [5, 5.41) is 2.64. The summed E-state index contributed by atoms with van der Waals surface area (Å²) in [5.41, 5.74) is 3.78. The van der Waals surface area contributed by atoms with Crippen LogP contribution in [0.25, 0.3) is 0 Å². The van der Waals surface area contributed by atoms with Crippen LogP contribution in [0.4, 0.5) is 5.69 Å². The highest BCUT2D eigenvalue weighted by Crippen LogP contribution is 2.23. The number of hydrogen-bond donors (Lipinski definition) is 1. The molecule has 0 atom stereocenters. The fourth-order valence-corrected chi connectivity index (χ4v) is 3.43. The Balaban J connectivity index is 1.40. The molecule has 3 rings (SSSR count). The molecule has 0 saturated carbocycles. The topological polar surface area (TPSA) is 71.1 Å². The zero-order valence-corrected chi connectivity index (χ0v) is 17.8. The first-order chi connectivity index (χ1) is 14.5. The summed E-state index contributed by atoms with van der Waals surface area (Å²) in [6, 6.07) is 13.3. The van der Waals surface area contributed by atoms with Crippen molar-refractivity contribution in [3.05, 3.63) is 53.6 Å². The zero-order chi connectivity index (χ0) is 21.5. The third-order valence-electron chi connectivity index (χ3n) is 5.42. The summed E-state index contributed by atoms with van der Waals surface area (Å²) in [6.07, 6.45) is 0. The molecule has 160 valence electrons. The molecule has 2 amide bonds. The monoisotopic (exact) mass is 411 g/mol. The van der Waals surface area contributed by atoms with Crippen LogP contribution in [-0.2, 0) is 9.59 Å². The third-order valence-corrected chi connectivity index (χ3v) is 5.42. The number of carbonyl (C=O) groups is 2. The normalized spacial score (nSPS) is 13.7. The average molecular weight is 412 g/mol. The van der Waals surface area contributed by atoms with Crippen molar-refractivity contribution < 1.29 is 19.1 Å². The lowest BCUT2D eigenvalue weighted by Crippen LogP contribution is -2.51. The van der Waals surface area contributed by atoms with E-state index >= 15 is 0 Å².